The Morgan fingerprint density at radius 1 is 1.15 bits per heavy atom. The number of hydrogen-bond acceptors (Lipinski definition) is 4. The van der Waals surface area contributed by atoms with Crippen LogP contribution in [0.25, 0.3) is 0 Å². The predicted octanol–water partition coefficient (Wildman–Crippen LogP) is 1.74. The van der Waals surface area contributed by atoms with Crippen LogP contribution in [0.1, 0.15) is 11.1 Å². The van der Waals surface area contributed by atoms with Crippen molar-refractivity contribution in [2.24, 2.45) is 0 Å². The number of aromatic hydroxyl groups is 1. The van der Waals surface area contributed by atoms with Gasteiger partial charge in [0, 0.05) is 6.54 Å². The second-order valence-corrected chi connectivity index (χ2v) is 5.90. The number of nitriles is 1. The molecule has 2 aromatic carbocycles. The molecule has 6 heteroatoms. The molecule has 102 valence electrons. The first-order valence-electron chi connectivity index (χ1n) is 5.79. The number of nitrogens with zero attached hydrogens (tertiary/aromatic N) is 1. The molecule has 20 heavy (non-hydrogen) atoms. The van der Waals surface area contributed by atoms with Gasteiger partial charge in [0.1, 0.15) is 5.75 Å². The monoisotopic (exact) mass is 288 g/mol. The van der Waals surface area contributed by atoms with E-state index in [0.29, 0.717) is 5.56 Å². The van der Waals surface area contributed by atoms with Crippen LogP contribution in [0.2, 0.25) is 0 Å². The molecule has 0 saturated heterocycles. The maximum absolute atomic E-state index is 12.1. The Hall–Kier alpha value is -2.36. The average molecular weight is 288 g/mol. The van der Waals surface area contributed by atoms with E-state index < -0.39 is 10.0 Å². The lowest BCUT2D eigenvalue weighted by Crippen LogP contribution is -2.23. The van der Waals surface area contributed by atoms with E-state index in [0.717, 1.165) is 0 Å². The summed E-state index contributed by atoms with van der Waals surface area (Å²) < 4.78 is 26.6. The zero-order valence-corrected chi connectivity index (χ0v) is 11.3. The Bertz CT molecular complexity index is 764. The molecule has 0 aliphatic carbocycles. The minimum Gasteiger partial charge on any atom is -0.508 e. The Morgan fingerprint density at radius 3 is 2.60 bits per heavy atom. The summed E-state index contributed by atoms with van der Waals surface area (Å²) in [7, 11) is -3.69. The van der Waals surface area contributed by atoms with Crippen LogP contribution in [0.3, 0.4) is 0 Å². The molecule has 2 N–H and O–H groups in total. The summed E-state index contributed by atoms with van der Waals surface area (Å²) in [5, 5.41) is 18.1. The summed E-state index contributed by atoms with van der Waals surface area (Å²) in [6, 6.07) is 14.0. The lowest BCUT2D eigenvalue weighted by molar-refractivity contribution is 0.474. The largest absolute Gasteiger partial charge is 0.508 e. The van der Waals surface area contributed by atoms with Gasteiger partial charge in [-0.25, -0.2) is 13.1 Å². The number of phenols is 1. The Kier molecular flexibility index (Phi) is 4.03. The fraction of sp³-hybridized carbons (Fsp3) is 0.0714. The first kappa shape index (κ1) is 14.1. The Balaban J connectivity index is 2.17. The molecule has 0 radical (unpaired) electrons. The van der Waals surface area contributed by atoms with Crippen molar-refractivity contribution in [3.8, 4) is 11.8 Å². The van der Waals surface area contributed by atoms with Crippen molar-refractivity contribution in [1.29, 1.82) is 5.26 Å². The Morgan fingerprint density at radius 2 is 1.90 bits per heavy atom. The van der Waals surface area contributed by atoms with Gasteiger partial charge in [-0.15, -0.1) is 0 Å². The molecule has 0 heterocycles. The van der Waals surface area contributed by atoms with Crippen LogP contribution in [-0.2, 0) is 16.6 Å². The normalized spacial score (nSPS) is 10.9. The van der Waals surface area contributed by atoms with E-state index in [2.05, 4.69) is 4.72 Å². The third-order valence-electron chi connectivity index (χ3n) is 2.65. The summed E-state index contributed by atoms with van der Waals surface area (Å²) in [4.78, 5) is 0.0386. The van der Waals surface area contributed by atoms with Crippen LogP contribution in [-0.4, -0.2) is 13.5 Å². The van der Waals surface area contributed by atoms with Gasteiger partial charge < -0.3 is 5.11 Å². The summed E-state index contributed by atoms with van der Waals surface area (Å²) >= 11 is 0. The van der Waals surface area contributed by atoms with Crippen molar-refractivity contribution in [1.82, 2.24) is 4.72 Å². The van der Waals surface area contributed by atoms with E-state index in [9.17, 15) is 13.5 Å². The number of rotatable bonds is 4. The van der Waals surface area contributed by atoms with E-state index in [1.165, 1.54) is 36.4 Å². The highest BCUT2D eigenvalue weighted by Crippen LogP contribution is 2.14. The molecular formula is C14H12N2O3S. The molecule has 2 rings (SSSR count). The molecule has 0 bridgehead atoms. The van der Waals surface area contributed by atoms with Gasteiger partial charge in [0.2, 0.25) is 10.0 Å². The summed E-state index contributed by atoms with van der Waals surface area (Å²) in [6.07, 6.45) is 0. The minimum atomic E-state index is -3.69. The third-order valence-corrected chi connectivity index (χ3v) is 4.05. The van der Waals surface area contributed by atoms with Crippen molar-refractivity contribution in [3.05, 3.63) is 59.7 Å². The zero-order valence-electron chi connectivity index (χ0n) is 10.4. The lowest BCUT2D eigenvalue weighted by atomic mass is 10.2. The second-order valence-electron chi connectivity index (χ2n) is 4.13. The van der Waals surface area contributed by atoms with Crippen molar-refractivity contribution >= 4 is 10.0 Å². The molecule has 0 amide bonds. The number of nitrogens with one attached hydrogen (secondary N) is 1. The smallest absolute Gasteiger partial charge is 0.240 e. The van der Waals surface area contributed by atoms with Gasteiger partial charge in [-0.05, 0) is 35.9 Å². The molecule has 0 fully saturated rings. The maximum Gasteiger partial charge on any atom is 0.240 e. The van der Waals surface area contributed by atoms with Crippen molar-refractivity contribution in [3.63, 3.8) is 0 Å². The highest BCUT2D eigenvalue weighted by Gasteiger charge is 2.14. The van der Waals surface area contributed by atoms with Crippen LogP contribution in [0.4, 0.5) is 0 Å². The summed E-state index contributed by atoms with van der Waals surface area (Å²) in [5.41, 5.74) is 0.926. The van der Waals surface area contributed by atoms with Crippen LogP contribution >= 0.6 is 0 Å². The molecule has 5 nitrogen and oxygen atoms in total. The van der Waals surface area contributed by atoms with Crippen LogP contribution in [0.5, 0.6) is 5.75 Å². The number of sulfonamides is 1. The molecule has 0 aromatic heterocycles. The molecular weight excluding hydrogens is 276 g/mol. The van der Waals surface area contributed by atoms with Crippen molar-refractivity contribution < 1.29 is 13.5 Å². The van der Waals surface area contributed by atoms with Gasteiger partial charge in [0.05, 0.1) is 16.5 Å². The summed E-state index contributed by atoms with van der Waals surface area (Å²) in [6.45, 7) is 0.0630. The standard InChI is InChI=1S/C14H12N2O3S/c15-9-11-3-2-6-14(8-11)20(18,19)16-10-12-4-1-5-13(17)7-12/h1-8,16-17H,10H2. The third kappa shape index (κ3) is 3.35. The number of phenolic OH excluding ortho intramolecular Hbond substituents is 1. The van der Waals surface area contributed by atoms with Gasteiger partial charge in [0.15, 0.2) is 0 Å². The molecule has 0 unspecified atom stereocenters. The number of benzene rings is 2. The van der Waals surface area contributed by atoms with E-state index in [1.54, 1.807) is 12.1 Å². The maximum atomic E-state index is 12.1. The lowest BCUT2D eigenvalue weighted by Gasteiger charge is -2.07. The highest BCUT2D eigenvalue weighted by molar-refractivity contribution is 7.89. The number of hydrogen-bond donors (Lipinski definition) is 2. The van der Waals surface area contributed by atoms with Crippen LogP contribution < -0.4 is 4.72 Å². The minimum absolute atomic E-state index is 0.0386. The van der Waals surface area contributed by atoms with Crippen molar-refractivity contribution in [2.75, 3.05) is 0 Å². The van der Waals surface area contributed by atoms with Gasteiger partial charge in [-0.2, -0.15) is 5.26 Å². The predicted molar refractivity (Wildman–Crippen MR) is 73.3 cm³/mol. The first-order valence-corrected chi connectivity index (χ1v) is 7.27. The van der Waals surface area contributed by atoms with E-state index in [4.69, 9.17) is 5.26 Å². The van der Waals surface area contributed by atoms with Crippen LogP contribution in [0, 0.1) is 11.3 Å². The average Bonchev–Trinajstić information content (AvgIpc) is 2.45. The van der Waals surface area contributed by atoms with E-state index in [-0.39, 0.29) is 22.8 Å². The SMILES string of the molecule is N#Cc1cccc(S(=O)(=O)NCc2cccc(O)c2)c1. The summed E-state index contributed by atoms with van der Waals surface area (Å²) in [5.74, 6) is 0.0770. The van der Waals surface area contributed by atoms with Gasteiger partial charge in [-0.3, -0.25) is 0 Å². The molecule has 0 aliphatic rings. The Labute approximate surface area is 117 Å². The van der Waals surface area contributed by atoms with Crippen molar-refractivity contribution in [2.45, 2.75) is 11.4 Å². The van der Waals surface area contributed by atoms with Gasteiger partial charge >= 0.3 is 0 Å². The van der Waals surface area contributed by atoms with E-state index >= 15 is 0 Å². The highest BCUT2D eigenvalue weighted by atomic mass is 32.2. The fourth-order valence-electron chi connectivity index (χ4n) is 1.66. The van der Waals surface area contributed by atoms with E-state index in [1.807, 2.05) is 6.07 Å². The zero-order chi connectivity index (χ0) is 14.6. The molecule has 0 atom stereocenters. The van der Waals surface area contributed by atoms with Gasteiger partial charge in [0.25, 0.3) is 0 Å². The molecule has 0 saturated carbocycles. The molecule has 0 spiro atoms. The topological polar surface area (TPSA) is 90.2 Å². The second kappa shape index (κ2) is 5.74. The molecule has 2 aromatic rings. The quantitative estimate of drug-likeness (QED) is 0.896. The van der Waals surface area contributed by atoms with Crippen LogP contribution in [0.15, 0.2) is 53.4 Å². The fourth-order valence-corrected chi connectivity index (χ4v) is 2.72. The first-order chi connectivity index (χ1) is 9.51. The molecule has 0 aliphatic heterocycles. The van der Waals surface area contributed by atoms with Gasteiger partial charge in [-0.1, -0.05) is 18.2 Å².